The number of hydrogen-bond donors (Lipinski definition) is 2. The largest absolute Gasteiger partial charge is 0.497 e. The average Bonchev–Trinajstić information content (AvgIpc) is 3.29. The quantitative estimate of drug-likeness (QED) is 0.166. The van der Waals surface area contributed by atoms with Crippen LogP contribution in [0.5, 0.6) is 5.75 Å². The van der Waals surface area contributed by atoms with Crippen LogP contribution in [0.25, 0.3) is 0 Å². The van der Waals surface area contributed by atoms with Crippen molar-refractivity contribution in [2.75, 3.05) is 25.5 Å². The molecule has 0 spiro atoms. The molecule has 4 unspecified atom stereocenters. The summed E-state index contributed by atoms with van der Waals surface area (Å²) in [5.41, 5.74) is 3.26. The maximum Gasteiger partial charge on any atom is 0.299 e. The van der Waals surface area contributed by atoms with Crippen LogP contribution in [-0.2, 0) is 6.42 Å². The zero-order chi connectivity index (χ0) is 28.3. The molecule has 3 aliphatic rings. The number of nitro groups is 2. The van der Waals surface area contributed by atoms with E-state index in [1.807, 2.05) is 0 Å². The first kappa shape index (κ1) is 28.3. The highest BCUT2D eigenvalue weighted by Crippen LogP contribution is 2.61. The predicted octanol–water partition coefficient (Wildman–Crippen LogP) is 7.00. The molecule has 0 aliphatic heterocycles. The maximum absolute atomic E-state index is 11.3. The van der Waals surface area contributed by atoms with Crippen LogP contribution in [0.2, 0.25) is 0 Å². The van der Waals surface area contributed by atoms with Crippen molar-refractivity contribution < 1.29 is 14.6 Å². The highest BCUT2D eigenvalue weighted by molar-refractivity contribution is 5.65. The predicted molar refractivity (Wildman–Crippen MR) is 156 cm³/mol. The number of nitrogens with zero attached hydrogens (tertiary/aromatic N) is 2. The van der Waals surface area contributed by atoms with Crippen LogP contribution in [0, 0.1) is 37.5 Å². The minimum absolute atomic E-state index is 0.256. The first-order valence-corrected chi connectivity index (χ1v) is 14.9. The summed E-state index contributed by atoms with van der Waals surface area (Å²) in [6.45, 7) is 4.18. The van der Waals surface area contributed by atoms with Gasteiger partial charge in [-0.15, -0.1) is 0 Å². The number of anilines is 1. The van der Waals surface area contributed by atoms with E-state index >= 15 is 0 Å². The van der Waals surface area contributed by atoms with E-state index in [-0.39, 0.29) is 11.4 Å². The average molecular weight is 551 g/mol. The number of non-ortho nitro benzene ring substituents is 1. The number of ether oxygens (including phenoxy) is 1. The van der Waals surface area contributed by atoms with Crippen molar-refractivity contribution >= 4 is 17.1 Å². The Hall–Kier alpha value is -3.20. The smallest absolute Gasteiger partial charge is 0.299 e. The van der Waals surface area contributed by atoms with E-state index < -0.39 is 9.85 Å². The number of nitrogens with one attached hydrogen (secondary N) is 2. The Morgan fingerprint density at radius 1 is 0.950 bits per heavy atom. The van der Waals surface area contributed by atoms with E-state index in [2.05, 4.69) is 35.8 Å². The molecule has 2 saturated carbocycles. The lowest BCUT2D eigenvalue weighted by Gasteiger charge is -2.51. The van der Waals surface area contributed by atoms with Crippen molar-refractivity contribution in [2.45, 2.75) is 83.1 Å². The van der Waals surface area contributed by atoms with Gasteiger partial charge in [-0.1, -0.05) is 25.8 Å². The van der Waals surface area contributed by atoms with E-state index in [1.54, 1.807) is 12.7 Å². The number of methoxy groups -OCH3 is 1. The molecule has 0 heterocycles. The molecule has 2 N–H and O–H groups in total. The van der Waals surface area contributed by atoms with Crippen LogP contribution in [0.1, 0.15) is 81.8 Å². The number of benzene rings is 2. The third-order valence-electron chi connectivity index (χ3n) is 10.1. The summed E-state index contributed by atoms with van der Waals surface area (Å²) in [4.78, 5) is 21.0. The lowest BCUT2D eigenvalue weighted by Crippen LogP contribution is -2.48. The van der Waals surface area contributed by atoms with Gasteiger partial charge in [-0.2, -0.15) is 0 Å². The summed E-state index contributed by atoms with van der Waals surface area (Å²) in [6, 6.07) is 11.1. The molecule has 0 radical (unpaired) electrons. The molecule has 2 aromatic carbocycles. The Balaban J connectivity index is 1.04. The van der Waals surface area contributed by atoms with Gasteiger partial charge in [-0.05, 0) is 110 Å². The standard InChI is InChI=1S/C31H42N4O5/c1-31-16-15-25-24-11-9-23(40-2)19-21(24)7-10-26(25)27(31)12-14-30(31)33-18-6-4-3-5-17-32-28-13-8-22(34(36)37)20-29(28)35(38)39/h8-9,11,13,19-20,25-27,30,32-33H,3-7,10,12,14-18H2,1-2H3/t25?,26?,27?,30?,31-/m0/s1. The van der Waals surface area contributed by atoms with Gasteiger partial charge in [0.05, 0.1) is 23.0 Å². The Bertz CT molecular complexity index is 1240. The van der Waals surface area contributed by atoms with Crippen molar-refractivity contribution in [3.8, 4) is 5.75 Å². The molecular weight excluding hydrogens is 508 g/mol. The SMILES string of the molecule is COc1ccc2c(c1)CCC1C2CC[C@]2(C)C(NCCCCCCNc3ccc([N+](=O)[O-])cc3[N+](=O)[O-])CCC12. The monoisotopic (exact) mass is 550 g/mol. The molecule has 2 fully saturated rings. The molecule has 9 heteroatoms. The molecule has 5 atom stereocenters. The summed E-state index contributed by atoms with van der Waals surface area (Å²) in [5.74, 6) is 3.28. The zero-order valence-electron chi connectivity index (χ0n) is 23.7. The minimum Gasteiger partial charge on any atom is -0.497 e. The van der Waals surface area contributed by atoms with Crippen LogP contribution in [0.4, 0.5) is 17.1 Å². The van der Waals surface area contributed by atoms with Crippen molar-refractivity contribution in [3.05, 3.63) is 67.8 Å². The Morgan fingerprint density at radius 3 is 2.50 bits per heavy atom. The van der Waals surface area contributed by atoms with Crippen molar-refractivity contribution in [1.82, 2.24) is 5.32 Å². The topological polar surface area (TPSA) is 120 Å². The normalized spacial score (nSPS) is 26.9. The van der Waals surface area contributed by atoms with Crippen molar-refractivity contribution in [2.24, 2.45) is 17.3 Å². The van der Waals surface area contributed by atoms with Gasteiger partial charge in [-0.25, -0.2) is 0 Å². The van der Waals surface area contributed by atoms with E-state index in [0.717, 1.165) is 55.9 Å². The molecule has 40 heavy (non-hydrogen) atoms. The van der Waals surface area contributed by atoms with Crippen LogP contribution in [-0.4, -0.2) is 36.1 Å². The van der Waals surface area contributed by atoms with E-state index in [4.69, 9.17) is 4.74 Å². The van der Waals surface area contributed by atoms with E-state index in [9.17, 15) is 20.2 Å². The van der Waals surface area contributed by atoms with Crippen molar-refractivity contribution in [1.29, 1.82) is 0 Å². The van der Waals surface area contributed by atoms with Gasteiger partial charge in [0.1, 0.15) is 11.4 Å². The summed E-state index contributed by atoms with van der Waals surface area (Å²) >= 11 is 0. The summed E-state index contributed by atoms with van der Waals surface area (Å²) in [5, 5.41) is 29.2. The van der Waals surface area contributed by atoms with Crippen molar-refractivity contribution in [3.63, 3.8) is 0 Å². The lowest BCUT2D eigenvalue weighted by atomic mass is 9.55. The molecule has 9 nitrogen and oxygen atoms in total. The Morgan fingerprint density at radius 2 is 1.75 bits per heavy atom. The molecule has 216 valence electrons. The molecule has 5 rings (SSSR count). The third-order valence-corrected chi connectivity index (χ3v) is 10.1. The second-order valence-corrected chi connectivity index (χ2v) is 12.2. The fraction of sp³-hybridized carbons (Fsp3) is 0.613. The number of rotatable bonds is 12. The fourth-order valence-corrected chi connectivity index (χ4v) is 8.06. The lowest BCUT2D eigenvalue weighted by molar-refractivity contribution is -0.393. The molecule has 0 amide bonds. The molecule has 0 aromatic heterocycles. The molecule has 2 aromatic rings. The van der Waals surface area contributed by atoms with Gasteiger partial charge in [0.25, 0.3) is 11.4 Å². The summed E-state index contributed by atoms with van der Waals surface area (Å²) in [7, 11) is 1.75. The third kappa shape index (κ3) is 5.66. The first-order valence-electron chi connectivity index (χ1n) is 14.9. The van der Waals surface area contributed by atoms with E-state index in [1.165, 1.54) is 56.2 Å². The number of nitro benzene ring substituents is 2. The summed E-state index contributed by atoms with van der Waals surface area (Å²) < 4.78 is 5.48. The van der Waals surface area contributed by atoms with Crippen LogP contribution >= 0.6 is 0 Å². The van der Waals surface area contributed by atoms with Crippen LogP contribution < -0.4 is 15.4 Å². The van der Waals surface area contributed by atoms with Crippen LogP contribution in [0.3, 0.4) is 0 Å². The number of fused-ring (bicyclic) bond motifs is 5. The van der Waals surface area contributed by atoms with Crippen LogP contribution in [0.15, 0.2) is 36.4 Å². The van der Waals surface area contributed by atoms with Gasteiger partial charge in [0, 0.05) is 18.7 Å². The molecular formula is C31H42N4O5. The van der Waals surface area contributed by atoms with Gasteiger partial charge in [0.2, 0.25) is 0 Å². The number of hydrogen-bond acceptors (Lipinski definition) is 7. The van der Waals surface area contributed by atoms with Gasteiger partial charge < -0.3 is 15.4 Å². The first-order chi connectivity index (χ1) is 19.3. The zero-order valence-corrected chi connectivity index (χ0v) is 23.7. The Kier molecular flexibility index (Phi) is 8.59. The number of unbranched alkanes of at least 4 members (excludes halogenated alkanes) is 3. The van der Waals surface area contributed by atoms with E-state index in [0.29, 0.717) is 29.6 Å². The minimum atomic E-state index is -0.616. The van der Waals surface area contributed by atoms with Gasteiger partial charge in [0.15, 0.2) is 0 Å². The fourth-order valence-electron chi connectivity index (χ4n) is 8.06. The molecule has 3 aliphatic carbocycles. The highest BCUT2D eigenvalue weighted by Gasteiger charge is 2.54. The number of aryl methyl sites for hydroxylation is 1. The van der Waals surface area contributed by atoms with Gasteiger partial charge in [-0.3, -0.25) is 20.2 Å². The maximum atomic E-state index is 11.3. The summed E-state index contributed by atoms with van der Waals surface area (Å²) in [6.07, 6.45) is 11.8. The second kappa shape index (κ2) is 12.1. The van der Waals surface area contributed by atoms with Gasteiger partial charge >= 0.3 is 0 Å². The molecule has 0 bridgehead atoms. The molecule has 0 saturated heterocycles. The highest BCUT2D eigenvalue weighted by atomic mass is 16.6. The second-order valence-electron chi connectivity index (χ2n) is 12.2. The Labute approximate surface area is 236 Å².